The topological polar surface area (TPSA) is 38.0 Å². The van der Waals surface area contributed by atoms with E-state index in [-0.39, 0.29) is 5.41 Å². The fraction of sp³-hybridized carbons (Fsp3) is 0.750. The highest BCUT2D eigenvalue weighted by Crippen LogP contribution is 2.44. The molecule has 2 rings (SSSR count). The normalized spacial score (nSPS) is 29.2. The summed E-state index contributed by atoms with van der Waals surface area (Å²) in [6.45, 7) is 7.34. The molecule has 2 heterocycles. The van der Waals surface area contributed by atoms with Crippen molar-refractivity contribution >= 4 is 11.8 Å². The SMILES string of the molecule is CCn1cc(C2(O)CSCC(C)(C)C2)cn1. The average Bonchev–Trinajstić information content (AvgIpc) is 2.64. The zero-order valence-electron chi connectivity index (χ0n) is 10.2. The Morgan fingerprint density at radius 2 is 2.25 bits per heavy atom. The molecule has 1 aliphatic heterocycles. The van der Waals surface area contributed by atoms with E-state index in [0.29, 0.717) is 0 Å². The lowest BCUT2D eigenvalue weighted by Gasteiger charge is -2.40. The Labute approximate surface area is 101 Å². The van der Waals surface area contributed by atoms with E-state index in [1.807, 2.05) is 28.8 Å². The van der Waals surface area contributed by atoms with Crippen LogP contribution >= 0.6 is 11.8 Å². The molecule has 0 radical (unpaired) electrons. The third-order valence-corrected chi connectivity index (χ3v) is 4.77. The molecule has 1 N–H and O–H groups in total. The summed E-state index contributed by atoms with van der Waals surface area (Å²) >= 11 is 1.83. The van der Waals surface area contributed by atoms with Crippen LogP contribution in [0.15, 0.2) is 12.4 Å². The molecule has 4 heteroatoms. The molecule has 0 amide bonds. The van der Waals surface area contributed by atoms with Crippen LogP contribution in [-0.4, -0.2) is 26.4 Å². The smallest absolute Gasteiger partial charge is 0.102 e. The Balaban J connectivity index is 2.24. The van der Waals surface area contributed by atoms with Gasteiger partial charge in [0.25, 0.3) is 0 Å². The van der Waals surface area contributed by atoms with Gasteiger partial charge in [-0.05, 0) is 24.5 Å². The lowest BCUT2D eigenvalue weighted by molar-refractivity contribution is 0.0155. The van der Waals surface area contributed by atoms with E-state index in [4.69, 9.17) is 0 Å². The van der Waals surface area contributed by atoms with Crippen molar-refractivity contribution in [1.82, 2.24) is 9.78 Å². The second kappa shape index (κ2) is 4.08. The monoisotopic (exact) mass is 240 g/mol. The maximum atomic E-state index is 10.7. The van der Waals surface area contributed by atoms with Gasteiger partial charge >= 0.3 is 0 Å². The first-order valence-electron chi connectivity index (χ1n) is 5.78. The Kier molecular flexibility index (Phi) is 3.05. The van der Waals surface area contributed by atoms with Crippen LogP contribution in [0.3, 0.4) is 0 Å². The molecule has 0 spiro atoms. The first-order chi connectivity index (χ1) is 7.45. The number of aromatic nitrogens is 2. The Hall–Kier alpha value is -0.480. The third-order valence-electron chi connectivity index (χ3n) is 3.10. The van der Waals surface area contributed by atoms with Crippen molar-refractivity contribution in [2.75, 3.05) is 11.5 Å². The van der Waals surface area contributed by atoms with Crippen molar-refractivity contribution < 1.29 is 5.11 Å². The summed E-state index contributed by atoms with van der Waals surface area (Å²) in [6.07, 6.45) is 4.61. The molecule has 16 heavy (non-hydrogen) atoms. The van der Waals surface area contributed by atoms with E-state index in [1.54, 1.807) is 0 Å². The maximum absolute atomic E-state index is 10.7. The van der Waals surface area contributed by atoms with Crippen molar-refractivity contribution in [2.45, 2.75) is 39.3 Å². The first-order valence-corrected chi connectivity index (χ1v) is 6.94. The summed E-state index contributed by atoms with van der Waals surface area (Å²) in [4.78, 5) is 0. The molecule has 0 saturated carbocycles. The summed E-state index contributed by atoms with van der Waals surface area (Å²) < 4.78 is 1.87. The van der Waals surface area contributed by atoms with Gasteiger partial charge in [-0.3, -0.25) is 4.68 Å². The van der Waals surface area contributed by atoms with Crippen LogP contribution in [0, 0.1) is 5.41 Å². The number of nitrogens with zero attached hydrogens (tertiary/aromatic N) is 2. The fourth-order valence-corrected chi connectivity index (χ4v) is 3.72. The van der Waals surface area contributed by atoms with Crippen LogP contribution in [0.4, 0.5) is 0 Å². The van der Waals surface area contributed by atoms with Gasteiger partial charge in [-0.25, -0.2) is 0 Å². The van der Waals surface area contributed by atoms with E-state index in [2.05, 4.69) is 25.9 Å². The van der Waals surface area contributed by atoms with Crippen molar-refractivity contribution in [3.63, 3.8) is 0 Å². The van der Waals surface area contributed by atoms with E-state index in [0.717, 1.165) is 30.0 Å². The fourth-order valence-electron chi connectivity index (χ4n) is 2.35. The average molecular weight is 240 g/mol. The highest BCUT2D eigenvalue weighted by molar-refractivity contribution is 7.99. The summed E-state index contributed by atoms with van der Waals surface area (Å²) in [7, 11) is 0. The van der Waals surface area contributed by atoms with Gasteiger partial charge in [0.1, 0.15) is 5.60 Å². The molecule has 1 saturated heterocycles. The molecule has 1 atom stereocenters. The summed E-state index contributed by atoms with van der Waals surface area (Å²) in [5.74, 6) is 1.91. The first kappa shape index (κ1) is 12.0. The van der Waals surface area contributed by atoms with E-state index in [9.17, 15) is 5.11 Å². The number of aliphatic hydroxyl groups is 1. The van der Waals surface area contributed by atoms with Crippen LogP contribution in [0.5, 0.6) is 0 Å². The van der Waals surface area contributed by atoms with Gasteiger partial charge in [0.15, 0.2) is 0 Å². The van der Waals surface area contributed by atoms with Gasteiger partial charge in [-0.1, -0.05) is 13.8 Å². The molecule has 0 aromatic carbocycles. The van der Waals surface area contributed by atoms with E-state index >= 15 is 0 Å². The predicted molar refractivity (Wildman–Crippen MR) is 67.5 cm³/mol. The molecular formula is C12H20N2OS. The van der Waals surface area contributed by atoms with Crippen molar-refractivity contribution in [2.24, 2.45) is 5.41 Å². The number of thioether (sulfide) groups is 1. The quantitative estimate of drug-likeness (QED) is 0.861. The predicted octanol–water partition coefficient (Wildman–Crippen LogP) is 2.25. The van der Waals surface area contributed by atoms with Crippen molar-refractivity contribution in [3.8, 4) is 0 Å². The minimum absolute atomic E-state index is 0.200. The van der Waals surface area contributed by atoms with Crippen LogP contribution < -0.4 is 0 Å². The van der Waals surface area contributed by atoms with Gasteiger partial charge in [-0.15, -0.1) is 0 Å². The molecule has 3 nitrogen and oxygen atoms in total. The molecule has 1 unspecified atom stereocenters. The van der Waals surface area contributed by atoms with E-state index < -0.39 is 5.60 Å². The number of rotatable bonds is 2. The molecule has 1 aliphatic rings. The Bertz CT molecular complexity index is 375. The van der Waals surface area contributed by atoms with Gasteiger partial charge in [0, 0.05) is 24.1 Å². The Morgan fingerprint density at radius 3 is 2.81 bits per heavy atom. The lowest BCUT2D eigenvalue weighted by Crippen LogP contribution is -2.39. The summed E-state index contributed by atoms with van der Waals surface area (Å²) in [5, 5.41) is 15.0. The van der Waals surface area contributed by atoms with Crippen molar-refractivity contribution in [3.05, 3.63) is 18.0 Å². The molecule has 0 bridgehead atoms. The minimum Gasteiger partial charge on any atom is -0.384 e. The largest absolute Gasteiger partial charge is 0.384 e. The van der Waals surface area contributed by atoms with E-state index in [1.165, 1.54) is 0 Å². The van der Waals surface area contributed by atoms with Crippen LogP contribution in [-0.2, 0) is 12.1 Å². The molecule has 1 fully saturated rings. The van der Waals surface area contributed by atoms with Crippen LogP contribution in [0.25, 0.3) is 0 Å². The van der Waals surface area contributed by atoms with Crippen LogP contribution in [0.2, 0.25) is 0 Å². The molecule has 0 aliphatic carbocycles. The second-order valence-electron chi connectivity index (χ2n) is 5.45. The molecule has 1 aromatic rings. The summed E-state index contributed by atoms with van der Waals surface area (Å²) in [5.41, 5.74) is 0.473. The van der Waals surface area contributed by atoms with Crippen LogP contribution in [0.1, 0.15) is 32.8 Å². The molecule has 1 aromatic heterocycles. The number of aryl methyl sites for hydroxylation is 1. The highest BCUT2D eigenvalue weighted by atomic mass is 32.2. The zero-order valence-corrected chi connectivity index (χ0v) is 11.0. The number of hydrogen-bond donors (Lipinski definition) is 1. The van der Waals surface area contributed by atoms with Gasteiger partial charge < -0.3 is 5.11 Å². The van der Waals surface area contributed by atoms with Gasteiger partial charge in [0.05, 0.1) is 6.20 Å². The van der Waals surface area contributed by atoms with Gasteiger partial charge in [-0.2, -0.15) is 16.9 Å². The minimum atomic E-state index is -0.695. The molecule has 90 valence electrons. The standard InChI is InChI=1S/C12H20N2OS/c1-4-14-6-10(5-13-14)12(15)7-11(2,3)8-16-9-12/h5-6,15H,4,7-9H2,1-3H3. The van der Waals surface area contributed by atoms with Gasteiger partial charge in [0.2, 0.25) is 0 Å². The molecular weight excluding hydrogens is 220 g/mol. The summed E-state index contributed by atoms with van der Waals surface area (Å²) in [6, 6.07) is 0. The zero-order chi connectivity index (χ0) is 11.8. The third kappa shape index (κ3) is 2.28. The number of hydrogen-bond acceptors (Lipinski definition) is 3. The Morgan fingerprint density at radius 1 is 1.50 bits per heavy atom. The van der Waals surface area contributed by atoms with Crippen molar-refractivity contribution in [1.29, 1.82) is 0 Å². The maximum Gasteiger partial charge on any atom is 0.102 e. The highest BCUT2D eigenvalue weighted by Gasteiger charge is 2.40. The lowest BCUT2D eigenvalue weighted by atomic mass is 9.79. The second-order valence-corrected chi connectivity index (χ2v) is 6.44.